The van der Waals surface area contributed by atoms with Gasteiger partial charge in [-0.05, 0) is 19.1 Å². The highest BCUT2D eigenvalue weighted by atomic mass is 32.1. The fourth-order valence-electron chi connectivity index (χ4n) is 1.33. The van der Waals surface area contributed by atoms with Crippen LogP contribution in [0.4, 0.5) is 5.13 Å². The van der Waals surface area contributed by atoms with Crippen LogP contribution in [0.3, 0.4) is 0 Å². The maximum absolute atomic E-state index is 11.9. The van der Waals surface area contributed by atoms with Crippen LogP contribution in [0.15, 0.2) is 22.3 Å². The number of hydrogen-bond acceptors (Lipinski definition) is 4. The number of aryl methyl sites for hydroxylation is 1. The Kier molecular flexibility index (Phi) is 2.32. The van der Waals surface area contributed by atoms with Gasteiger partial charge in [0.25, 0.3) is 5.56 Å². The van der Waals surface area contributed by atoms with E-state index in [4.69, 9.17) is 5.73 Å². The van der Waals surface area contributed by atoms with Crippen molar-refractivity contribution in [3.05, 3.63) is 33.6 Å². The molecule has 0 unspecified atom stereocenters. The summed E-state index contributed by atoms with van der Waals surface area (Å²) in [6, 6.07) is 3.68. The Balaban J connectivity index is 2.65. The molecule has 0 fully saturated rings. The van der Waals surface area contributed by atoms with Crippen molar-refractivity contribution in [1.82, 2.24) is 9.55 Å². The van der Waals surface area contributed by atoms with Crippen LogP contribution in [0.5, 0.6) is 0 Å². The molecule has 0 bridgehead atoms. The second-order valence-electron chi connectivity index (χ2n) is 3.32. The van der Waals surface area contributed by atoms with E-state index in [9.17, 15) is 4.79 Å². The van der Waals surface area contributed by atoms with E-state index in [1.165, 1.54) is 11.3 Å². The molecule has 0 aliphatic rings. The average Bonchev–Trinajstić information content (AvgIpc) is 2.61. The lowest BCUT2D eigenvalue weighted by molar-refractivity contribution is 0.820. The lowest BCUT2D eigenvalue weighted by Crippen LogP contribution is -2.20. The van der Waals surface area contributed by atoms with Crippen molar-refractivity contribution in [1.29, 1.82) is 0 Å². The molecule has 0 radical (unpaired) electrons. The third-order valence-corrected chi connectivity index (χ3v) is 3.03. The maximum Gasteiger partial charge on any atom is 0.259 e. The highest BCUT2D eigenvalue weighted by Gasteiger charge is 2.08. The summed E-state index contributed by atoms with van der Waals surface area (Å²) in [5.41, 5.74) is 7.66. The molecule has 2 rings (SSSR count). The Labute approximate surface area is 91.0 Å². The van der Waals surface area contributed by atoms with E-state index >= 15 is 0 Å². The fraction of sp³-hybridized carbons (Fsp3) is 0.200. The topological polar surface area (TPSA) is 60.9 Å². The van der Waals surface area contributed by atoms with E-state index < -0.39 is 0 Å². The van der Waals surface area contributed by atoms with E-state index in [2.05, 4.69) is 4.98 Å². The van der Waals surface area contributed by atoms with Gasteiger partial charge in [-0.2, -0.15) is 0 Å². The predicted molar refractivity (Wildman–Crippen MR) is 61.9 cm³/mol. The van der Waals surface area contributed by atoms with Crippen LogP contribution >= 0.6 is 11.3 Å². The standard InChI is InChI=1S/C10H11N3OS/c1-6-3-4-7(9(14)13(6)2)8-5-15-10(11)12-8/h3-5H,1-2H3,(H2,11,12). The van der Waals surface area contributed by atoms with Gasteiger partial charge in [-0.1, -0.05) is 0 Å². The van der Waals surface area contributed by atoms with Crippen molar-refractivity contribution in [3.8, 4) is 11.3 Å². The molecule has 0 atom stereocenters. The monoisotopic (exact) mass is 221 g/mol. The molecule has 0 amide bonds. The number of nitrogens with zero attached hydrogens (tertiary/aromatic N) is 2. The van der Waals surface area contributed by atoms with E-state index in [0.717, 1.165) is 5.69 Å². The van der Waals surface area contributed by atoms with Crippen LogP contribution in [-0.4, -0.2) is 9.55 Å². The van der Waals surface area contributed by atoms with Gasteiger partial charge in [-0.25, -0.2) is 4.98 Å². The highest BCUT2D eigenvalue weighted by Crippen LogP contribution is 2.20. The SMILES string of the molecule is Cc1ccc(-c2csc(N)n2)c(=O)n1C. The molecule has 0 saturated heterocycles. The van der Waals surface area contributed by atoms with Crippen molar-refractivity contribution >= 4 is 16.5 Å². The second-order valence-corrected chi connectivity index (χ2v) is 4.21. The first kappa shape index (κ1) is 9.92. The van der Waals surface area contributed by atoms with Crippen LogP contribution in [0.2, 0.25) is 0 Å². The Morgan fingerprint density at radius 2 is 2.20 bits per heavy atom. The largest absolute Gasteiger partial charge is 0.375 e. The molecule has 4 nitrogen and oxygen atoms in total. The van der Waals surface area contributed by atoms with Crippen LogP contribution in [0.1, 0.15) is 5.69 Å². The van der Waals surface area contributed by atoms with Gasteiger partial charge in [0.1, 0.15) is 0 Å². The number of hydrogen-bond donors (Lipinski definition) is 1. The summed E-state index contributed by atoms with van der Waals surface area (Å²) in [6.45, 7) is 1.89. The minimum absolute atomic E-state index is 0.0414. The molecular weight excluding hydrogens is 210 g/mol. The lowest BCUT2D eigenvalue weighted by atomic mass is 10.2. The minimum Gasteiger partial charge on any atom is -0.375 e. The molecule has 78 valence electrons. The molecule has 0 aliphatic heterocycles. The predicted octanol–water partition coefficient (Wildman–Crippen LogP) is 1.40. The molecule has 2 aromatic rings. The van der Waals surface area contributed by atoms with Crippen molar-refractivity contribution in [2.24, 2.45) is 7.05 Å². The molecule has 0 aromatic carbocycles. The Bertz CT molecular complexity index is 556. The van der Waals surface area contributed by atoms with Crippen LogP contribution in [0.25, 0.3) is 11.3 Å². The van der Waals surface area contributed by atoms with E-state index in [1.807, 2.05) is 13.0 Å². The summed E-state index contributed by atoms with van der Waals surface area (Å²) in [6.07, 6.45) is 0. The summed E-state index contributed by atoms with van der Waals surface area (Å²) >= 11 is 1.34. The number of nitrogen functional groups attached to an aromatic ring is 1. The molecule has 0 spiro atoms. The zero-order chi connectivity index (χ0) is 11.0. The Hall–Kier alpha value is -1.62. The number of aromatic nitrogens is 2. The number of anilines is 1. The Morgan fingerprint density at radius 3 is 2.80 bits per heavy atom. The average molecular weight is 221 g/mol. The van der Waals surface area contributed by atoms with Gasteiger partial charge < -0.3 is 10.3 Å². The fourth-order valence-corrected chi connectivity index (χ4v) is 1.90. The van der Waals surface area contributed by atoms with Gasteiger partial charge >= 0.3 is 0 Å². The van der Waals surface area contributed by atoms with Crippen molar-refractivity contribution in [2.45, 2.75) is 6.92 Å². The first-order valence-electron chi connectivity index (χ1n) is 4.47. The van der Waals surface area contributed by atoms with Crippen molar-refractivity contribution in [2.75, 3.05) is 5.73 Å². The van der Waals surface area contributed by atoms with Gasteiger partial charge in [-0.15, -0.1) is 11.3 Å². The summed E-state index contributed by atoms with van der Waals surface area (Å²) < 4.78 is 1.60. The summed E-state index contributed by atoms with van der Waals surface area (Å²) in [7, 11) is 1.75. The van der Waals surface area contributed by atoms with E-state index in [-0.39, 0.29) is 5.56 Å². The first-order chi connectivity index (χ1) is 7.09. The second kappa shape index (κ2) is 3.51. The van der Waals surface area contributed by atoms with Crippen molar-refractivity contribution in [3.63, 3.8) is 0 Å². The van der Waals surface area contributed by atoms with Crippen LogP contribution in [0, 0.1) is 6.92 Å². The molecule has 2 N–H and O–H groups in total. The molecule has 5 heteroatoms. The van der Waals surface area contributed by atoms with Gasteiger partial charge in [0.05, 0.1) is 11.3 Å². The van der Waals surface area contributed by atoms with Gasteiger partial charge in [-0.3, -0.25) is 4.79 Å². The number of thiazole rings is 1. The van der Waals surface area contributed by atoms with Crippen molar-refractivity contribution < 1.29 is 0 Å². The summed E-state index contributed by atoms with van der Waals surface area (Å²) in [5, 5.41) is 2.27. The number of nitrogens with two attached hydrogens (primary N) is 1. The molecule has 2 aromatic heterocycles. The minimum atomic E-state index is -0.0414. The third-order valence-electron chi connectivity index (χ3n) is 2.35. The molecule has 0 saturated carbocycles. The lowest BCUT2D eigenvalue weighted by Gasteiger charge is -2.04. The van der Waals surface area contributed by atoms with E-state index in [1.54, 1.807) is 23.1 Å². The smallest absolute Gasteiger partial charge is 0.259 e. The summed E-state index contributed by atoms with van der Waals surface area (Å²) in [4.78, 5) is 16.0. The van der Waals surface area contributed by atoms with Gasteiger partial charge in [0.15, 0.2) is 5.13 Å². The molecule has 15 heavy (non-hydrogen) atoms. The quantitative estimate of drug-likeness (QED) is 0.791. The number of pyridine rings is 1. The molecule has 0 aliphatic carbocycles. The normalized spacial score (nSPS) is 10.5. The molecule has 2 heterocycles. The molecular formula is C10H11N3OS. The zero-order valence-electron chi connectivity index (χ0n) is 8.52. The van der Waals surface area contributed by atoms with Gasteiger partial charge in [0, 0.05) is 18.1 Å². The zero-order valence-corrected chi connectivity index (χ0v) is 9.34. The first-order valence-corrected chi connectivity index (χ1v) is 5.35. The maximum atomic E-state index is 11.9. The number of rotatable bonds is 1. The van der Waals surface area contributed by atoms with E-state index in [0.29, 0.717) is 16.4 Å². The third kappa shape index (κ3) is 1.66. The summed E-state index contributed by atoms with van der Waals surface area (Å²) in [5.74, 6) is 0. The highest BCUT2D eigenvalue weighted by molar-refractivity contribution is 7.13. The van der Waals surface area contributed by atoms with Gasteiger partial charge in [0.2, 0.25) is 0 Å². The van der Waals surface area contributed by atoms with Crippen LogP contribution in [-0.2, 0) is 7.05 Å². The Morgan fingerprint density at radius 1 is 1.47 bits per heavy atom. The van der Waals surface area contributed by atoms with Crippen LogP contribution < -0.4 is 11.3 Å².